The Labute approximate surface area is 152 Å². The highest BCUT2D eigenvalue weighted by molar-refractivity contribution is 5.25. The molecule has 1 aliphatic heterocycles. The molecular weight excluding hydrogens is 308 g/mol. The van der Waals surface area contributed by atoms with E-state index < -0.39 is 0 Å². The molecule has 1 unspecified atom stereocenters. The number of piperidine rings is 1. The molecule has 4 nitrogen and oxygen atoms in total. The molecule has 2 aromatic rings. The highest BCUT2D eigenvalue weighted by Gasteiger charge is 2.25. The molecule has 0 amide bonds. The molecule has 0 saturated carbocycles. The number of aromatic nitrogens is 2. The van der Waals surface area contributed by atoms with Crippen molar-refractivity contribution in [1.29, 1.82) is 0 Å². The molecule has 3 rings (SSSR count). The van der Waals surface area contributed by atoms with Gasteiger partial charge in [0.2, 0.25) is 0 Å². The minimum absolute atomic E-state index is 0.0649. The summed E-state index contributed by atoms with van der Waals surface area (Å²) >= 11 is 0. The van der Waals surface area contributed by atoms with Crippen LogP contribution in [0.5, 0.6) is 0 Å². The first kappa shape index (κ1) is 18.2. The van der Waals surface area contributed by atoms with Gasteiger partial charge >= 0.3 is 0 Å². The quantitative estimate of drug-likeness (QED) is 0.905. The van der Waals surface area contributed by atoms with Crippen molar-refractivity contribution in [1.82, 2.24) is 20.0 Å². The molecule has 1 aromatic carbocycles. The van der Waals surface area contributed by atoms with Gasteiger partial charge in [-0.05, 0) is 32.0 Å². The molecule has 0 radical (unpaired) electrons. The molecule has 136 valence electrons. The summed E-state index contributed by atoms with van der Waals surface area (Å²) in [5.74, 6) is 0. The minimum Gasteiger partial charge on any atom is -0.316 e. The number of hydrogen-bond acceptors (Lipinski definition) is 3. The molecule has 0 aliphatic carbocycles. The lowest BCUT2D eigenvalue weighted by molar-refractivity contribution is 0.187. The van der Waals surface area contributed by atoms with Gasteiger partial charge in [0.15, 0.2) is 0 Å². The smallest absolute Gasteiger partial charge is 0.0723 e. The Morgan fingerprint density at radius 1 is 1.16 bits per heavy atom. The minimum atomic E-state index is 0.0649. The van der Waals surface area contributed by atoms with Gasteiger partial charge in [-0.1, -0.05) is 51.1 Å². The monoisotopic (exact) mass is 340 g/mol. The van der Waals surface area contributed by atoms with Gasteiger partial charge in [0.25, 0.3) is 0 Å². The Morgan fingerprint density at radius 2 is 1.92 bits per heavy atom. The van der Waals surface area contributed by atoms with E-state index >= 15 is 0 Å². The second-order valence-corrected chi connectivity index (χ2v) is 8.30. The lowest BCUT2D eigenvalue weighted by Gasteiger charge is -2.32. The number of nitrogens with one attached hydrogen (secondary N) is 1. The van der Waals surface area contributed by atoms with Crippen LogP contribution in [0.1, 0.15) is 50.4 Å². The van der Waals surface area contributed by atoms with Gasteiger partial charge in [-0.25, -0.2) is 0 Å². The molecule has 1 N–H and O–H groups in total. The molecule has 2 heterocycles. The maximum absolute atomic E-state index is 4.96. The van der Waals surface area contributed by atoms with E-state index in [0.717, 1.165) is 19.6 Å². The van der Waals surface area contributed by atoms with Crippen LogP contribution in [-0.2, 0) is 18.5 Å². The van der Waals surface area contributed by atoms with Crippen LogP contribution >= 0.6 is 0 Å². The van der Waals surface area contributed by atoms with Crippen LogP contribution in [0.15, 0.2) is 36.5 Å². The SMILES string of the molecule is CNC1CCCN(Cc2cn(Cc3ccccc3)nc2C(C)(C)C)C1. The van der Waals surface area contributed by atoms with Gasteiger partial charge in [-0.2, -0.15) is 5.10 Å². The van der Waals surface area contributed by atoms with Gasteiger partial charge in [-0.15, -0.1) is 0 Å². The predicted octanol–water partition coefficient (Wildman–Crippen LogP) is 3.41. The third kappa shape index (κ3) is 4.71. The Morgan fingerprint density at radius 3 is 2.60 bits per heavy atom. The predicted molar refractivity (Wildman–Crippen MR) is 104 cm³/mol. The average molecular weight is 341 g/mol. The number of benzene rings is 1. The largest absolute Gasteiger partial charge is 0.316 e. The molecule has 1 atom stereocenters. The van der Waals surface area contributed by atoms with E-state index in [1.54, 1.807) is 0 Å². The highest BCUT2D eigenvalue weighted by atomic mass is 15.3. The fourth-order valence-electron chi connectivity index (χ4n) is 3.74. The average Bonchev–Trinajstić information content (AvgIpc) is 2.98. The number of likely N-dealkylation sites (tertiary alicyclic amines) is 1. The second-order valence-electron chi connectivity index (χ2n) is 8.30. The zero-order valence-electron chi connectivity index (χ0n) is 16.1. The van der Waals surface area contributed by atoms with Gasteiger partial charge in [0, 0.05) is 36.3 Å². The van der Waals surface area contributed by atoms with Crippen molar-refractivity contribution < 1.29 is 0 Å². The lowest BCUT2D eigenvalue weighted by Crippen LogP contribution is -2.44. The molecule has 4 heteroatoms. The maximum atomic E-state index is 4.96. The van der Waals surface area contributed by atoms with Crippen LogP contribution < -0.4 is 5.32 Å². The summed E-state index contributed by atoms with van der Waals surface area (Å²) in [6.45, 7) is 10.9. The van der Waals surface area contributed by atoms with Gasteiger partial charge in [-0.3, -0.25) is 9.58 Å². The van der Waals surface area contributed by atoms with Crippen LogP contribution in [0.4, 0.5) is 0 Å². The fourth-order valence-corrected chi connectivity index (χ4v) is 3.74. The topological polar surface area (TPSA) is 33.1 Å². The van der Waals surface area contributed by atoms with Crippen molar-refractivity contribution >= 4 is 0 Å². The summed E-state index contributed by atoms with van der Waals surface area (Å²) in [4.78, 5) is 2.57. The standard InChI is InChI=1S/C21H32N4/c1-21(2,3)20-18(14-24-12-8-11-19(16-24)22-4)15-25(23-20)13-17-9-6-5-7-10-17/h5-7,9-10,15,19,22H,8,11-14,16H2,1-4H3. The van der Waals surface area contributed by atoms with Crippen molar-refractivity contribution in [2.24, 2.45) is 0 Å². The molecule has 0 bridgehead atoms. The molecule has 1 fully saturated rings. The number of nitrogens with zero attached hydrogens (tertiary/aromatic N) is 3. The second kappa shape index (κ2) is 7.71. The van der Waals surface area contributed by atoms with Crippen LogP contribution in [0.25, 0.3) is 0 Å². The van der Waals surface area contributed by atoms with E-state index in [-0.39, 0.29) is 5.41 Å². The van der Waals surface area contributed by atoms with Crippen molar-refractivity contribution in [3.63, 3.8) is 0 Å². The summed E-state index contributed by atoms with van der Waals surface area (Å²) in [7, 11) is 2.08. The molecule has 1 aromatic heterocycles. The Bertz CT molecular complexity index is 669. The normalized spacial score (nSPS) is 19.3. The third-order valence-corrected chi connectivity index (χ3v) is 5.04. The maximum Gasteiger partial charge on any atom is 0.0723 e. The highest BCUT2D eigenvalue weighted by Crippen LogP contribution is 2.26. The fraction of sp³-hybridized carbons (Fsp3) is 0.571. The summed E-state index contributed by atoms with van der Waals surface area (Å²) in [5.41, 5.74) is 3.97. The van der Waals surface area contributed by atoms with Gasteiger partial charge in [0.05, 0.1) is 12.2 Å². The van der Waals surface area contributed by atoms with Crippen LogP contribution in [0, 0.1) is 0 Å². The number of rotatable bonds is 5. The third-order valence-electron chi connectivity index (χ3n) is 5.04. The van der Waals surface area contributed by atoms with Crippen molar-refractivity contribution in [3.8, 4) is 0 Å². The first-order chi connectivity index (χ1) is 12.0. The molecule has 1 saturated heterocycles. The Balaban J connectivity index is 1.79. The van der Waals surface area contributed by atoms with E-state index in [2.05, 4.69) is 79.2 Å². The molecular formula is C21H32N4. The van der Waals surface area contributed by atoms with Crippen LogP contribution in [0.3, 0.4) is 0 Å². The molecule has 0 spiro atoms. The van der Waals surface area contributed by atoms with E-state index in [9.17, 15) is 0 Å². The number of likely N-dealkylation sites (N-methyl/N-ethyl adjacent to an activating group) is 1. The van der Waals surface area contributed by atoms with Gasteiger partial charge in [0.1, 0.15) is 0 Å². The van der Waals surface area contributed by atoms with Crippen molar-refractivity contribution in [2.75, 3.05) is 20.1 Å². The van der Waals surface area contributed by atoms with Gasteiger partial charge < -0.3 is 5.32 Å². The molecule has 1 aliphatic rings. The number of hydrogen-bond donors (Lipinski definition) is 1. The summed E-state index contributed by atoms with van der Waals surface area (Å²) < 4.78 is 2.12. The van der Waals surface area contributed by atoms with Crippen LogP contribution in [0.2, 0.25) is 0 Å². The van der Waals surface area contributed by atoms with Crippen molar-refractivity contribution in [2.45, 2.75) is 58.2 Å². The van der Waals surface area contributed by atoms with E-state index in [4.69, 9.17) is 5.10 Å². The first-order valence-electron chi connectivity index (χ1n) is 9.46. The van der Waals surface area contributed by atoms with E-state index in [0.29, 0.717) is 6.04 Å². The zero-order valence-corrected chi connectivity index (χ0v) is 16.1. The lowest BCUT2D eigenvalue weighted by atomic mass is 9.89. The van der Waals surface area contributed by atoms with Crippen LogP contribution in [-0.4, -0.2) is 40.9 Å². The van der Waals surface area contributed by atoms with E-state index in [1.165, 1.54) is 36.2 Å². The summed E-state index contributed by atoms with van der Waals surface area (Å²) in [6, 6.07) is 11.2. The first-order valence-corrected chi connectivity index (χ1v) is 9.46. The van der Waals surface area contributed by atoms with Crippen molar-refractivity contribution in [3.05, 3.63) is 53.3 Å². The summed E-state index contributed by atoms with van der Waals surface area (Å²) in [5, 5.41) is 8.40. The molecule has 25 heavy (non-hydrogen) atoms. The Hall–Kier alpha value is -1.65. The van der Waals surface area contributed by atoms with E-state index in [1.807, 2.05) is 0 Å². The Kier molecular flexibility index (Phi) is 5.60. The zero-order chi connectivity index (χ0) is 17.9. The summed E-state index contributed by atoms with van der Waals surface area (Å²) in [6.07, 6.45) is 4.82.